The van der Waals surface area contributed by atoms with Gasteiger partial charge in [0.2, 0.25) is 0 Å². The molecule has 10 nitrogen and oxygen atoms in total. The molecule has 1 N–H and O–H groups in total. The van der Waals surface area contributed by atoms with E-state index in [-0.39, 0.29) is 42.9 Å². The first-order valence-electron chi connectivity index (χ1n) is 16.1. The van der Waals surface area contributed by atoms with Gasteiger partial charge in [0.05, 0.1) is 36.4 Å². The molecule has 0 fully saturated rings. The van der Waals surface area contributed by atoms with Gasteiger partial charge in [-0.15, -0.1) is 0 Å². The number of carbonyl (C=O) groups is 5. The molecule has 0 aromatic heterocycles. The van der Waals surface area contributed by atoms with Gasteiger partial charge in [0, 0.05) is 19.7 Å². The molecule has 0 saturated carbocycles. The number of halogens is 3. The Hall–Kier alpha value is -5.20. The Morgan fingerprint density at radius 2 is 1.40 bits per heavy atom. The molecule has 3 aromatic rings. The van der Waals surface area contributed by atoms with Crippen LogP contribution < -0.4 is 5.32 Å². The van der Waals surface area contributed by atoms with Crippen LogP contribution in [-0.4, -0.2) is 68.5 Å². The van der Waals surface area contributed by atoms with Crippen LogP contribution in [0.25, 0.3) is 11.1 Å². The molecule has 0 spiro atoms. The number of anilines is 1. The number of nitrogens with zero attached hydrogens (tertiary/aromatic N) is 1. The number of carbonyl (C=O) groups excluding carboxylic acids is 5. The molecule has 0 aliphatic heterocycles. The van der Waals surface area contributed by atoms with Gasteiger partial charge in [-0.2, -0.15) is 13.2 Å². The highest BCUT2D eigenvalue weighted by Gasteiger charge is 2.50. The topological polar surface area (TPSA) is 128 Å². The van der Waals surface area contributed by atoms with Crippen LogP contribution in [0.2, 0.25) is 0 Å². The lowest BCUT2D eigenvalue weighted by molar-refractivity contribution is -0.179. The van der Waals surface area contributed by atoms with Crippen molar-refractivity contribution in [2.45, 2.75) is 52.6 Å². The van der Waals surface area contributed by atoms with Gasteiger partial charge < -0.3 is 24.4 Å². The number of amides is 2. The minimum atomic E-state index is -4.52. The number of unbranched alkanes of at least 4 members (excludes halogenated alkanes) is 1. The van der Waals surface area contributed by atoms with Gasteiger partial charge >= 0.3 is 24.1 Å². The smallest absolute Gasteiger partial charge is 0.416 e. The lowest BCUT2D eigenvalue weighted by atomic mass is 9.83. The average molecular weight is 699 g/mol. The number of nitrogens with one attached hydrogen (secondary N) is 1. The Balaban J connectivity index is 1.87. The van der Waals surface area contributed by atoms with Crippen molar-refractivity contribution in [1.29, 1.82) is 0 Å². The molecular weight excluding hydrogens is 657 g/mol. The van der Waals surface area contributed by atoms with Crippen molar-refractivity contribution in [2.24, 2.45) is 5.41 Å². The Morgan fingerprint density at radius 3 is 1.96 bits per heavy atom. The molecule has 0 radical (unpaired) electrons. The van der Waals surface area contributed by atoms with Crippen LogP contribution in [0.15, 0.2) is 66.7 Å². The predicted octanol–water partition coefficient (Wildman–Crippen LogP) is 6.72. The molecule has 0 heterocycles. The second kappa shape index (κ2) is 17.5. The molecule has 0 bridgehead atoms. The number of benzene rings is 3. The van der Waals surface area contributed by atoms with E-state index in [9.17, 15) is 37.1 Å². The van der Waals surface area contributed by atoms with E-state index in [0.717, 1.165) is 12.1 Å². The van der Waals surface area contributed by atoms with Gasteiger partial charge in [0.25, 0.3) is 11.8 Å². The summed E-state index contributed by atoms with van der Waals surface area (Å²) in [7, 11) is 3.02. The van der Waals surface area contributed by atoms with Crippen LogP contribution >= 0.6 is 0 Å². The fourth-order valence-electron chi connectivity index (χ4n) is 5.11. The second-order valence-electron chi connectivity index (χ2n) is 11.6. The van der Waals surface area contributed by atoms with E-state index in [4.69, 9.17) is 14.2 Å². The lowest BCUT2D eigenvalue weighted by Crippen LogP contribution is -2.46. The van der Waals surface area contributed by atoms with E-state index in [1.54, 1.807) is 32.0 Å². The Labute approximate surface area is 288 Å². The zero-order valence-electron chi connectivity index (χ0n) is 28.6. The van der Waals surface area contributed by atoms with Crippen molar-refractivity contribution in [1.82, 2.24) is 4.90 Å². The maximum atomic E-state index is 13.5. The van der Waals surface area contributed by atoms with Gasteiger partial charge in [0.15, 0.2) is 5.41 Å². The van der Waals surface area contributed by atoms with Crippen molar-refractivity contribution in [3.63, 3.8) is 0 Å². The van der Waals surface area contributed by atoms with Gasteiger partial charge in [-0.25, -0.2) is 0 Å². The Morgan fingerprint density at radius 1 is 0.780 bits per heavy atom. The number of rotatable bonds is 15. The van der Waals surface area contributed by atoms with Crippen molar-refractivity contribution in [3.8, 4) is 11.1 Å². The highest BCUT2D eigenvalue weighted by molar-refractivity contribution is 6.12. The van der Waals surface area contributed by atoms with Crippen molar-refractivity contribution >= 4 is 35.4 Å². The van der Waals surface area contributed by atoms with E-state index in [1.807, 2.05) is 6.92 Å². The monoisotopic (exact) mass is 698 g/mol. The molecule has 3 aromatic carbocycles. The third kappa shape index (κ3) is 9.70. The second-order valence-corrected chi connectivity index (χ2v) is 11.6. The van der Waals surface area contributed by atoms with Crippen molar-refractivity contribution in [3.05, 3.63) is 89.0 Å². The third-order valence-electron chi connectivity index (χ3n) is 7.78. The fraction of sp³-hybridized carbons (Fsp3) is 0.378. The molecule has 0 aliphatic carbocycles. The average Bonchev–Trinajstić information content (AvgIpc) is 3.08. The summed E-state index contributed by atoms with van der Waals surface area (Å²) in [6.45, 7) is 4.48. The van der Waals surface area contributed by atoms with E-state index in [2.05, 4.69) is 5.32 Å². The minimum absolute atomic E-state index is 0.00622. The van der Waals surface area contributed by atoms with E-state index in [1.165, 1.54) is 55.4 Å². The molecule has 13 heteroatoms. The van der Waals surface area contributed by atoms with Crippen LogP contribution in [0.1, 0.15) is 71.9 Å². The first-order valence-corrected chi connectivity index (χ1v) is 16.1. The molecule has 0 aliphatic rings. The number of hydrogen-bond acceptors (Lipinski definition) is 8. The summed E-state index contributed by atoms with van der Waals surface area (Å²) >= 11 is 0. The Bertz CT molecular complexity index is 1670. The minimum Gasteiger partial charge on any atom is -0.465 e. The summed E-state index contributed by atoms with van der Waals surface area (Å²) in [5.74, 6) is -3.60. The molecule has 3 rings (SSSR count). The zero-order chi connectivity index (χ0) is 37.1. The maximum absolute atomic E-state index is 13.5. The molecule has 2 amide bonds. The summed E-state index contributed by atoms with van der Waals surface area (Å²) in [6, 6.07) is 15.1. The van der Waals surface area contributed by atoms with Crippen LogP contribution in [0, 0.1) is 5.41 Å². The zero-order valence-corrected chi connectivity index (χ0v) is 28.6. The summed E-state index contributed by atoms with van der Waals surface area (Å²) < 4.78 is 55.1. The SMILES string of the molecule is CCCCC(COC(=O)Cc1ccc(NC(=O)c2ccccc2-c2ccc(C(F)(F)F)cc2)c(C(=O)N(C)C)c1)(C(=O)OCC)C(=O)OCC. The first kappa shape index (κ1) is 39.2. The highest BCUT2D eigenvalue weighted by Crippen LogP contribution is 2.33. The van der Waals surface area contributed by atoms with Crippen LogP contribution in [0.5, 0.6) is 0 Å². The summed E-state index contributed by atoms with van der Waals surface area (Å²) in [5, 5.41) is 2.72. The largest absolute Gasteiger partial charge is 0.465 e. The van der Waals surface area contributed by atoms with Crippen LogP contribution in [-0.2, 0) is 41.2 Å². The van der Waals surface area contributed by atoms with E-state index < -0.39 is 53.5 Å². The third-order valence-corrected chi connectivity index (χ3v) is 7.78. The first-order chi connectivity index (χ1) is 23.7. The van der Waals surface area contributed by atoms with Gasteiger partial charge in [-0.1, -0.05) is 56.2 Å². The van der Waals surface area contributed by atoms with Gasteiger partial charge in [-0.3, -0.25) is 24.0 Å². The normalized spacial score (nSPS) is 11.4. The predicted molar refractivity (Wildman–Crippen MR) is 179 cm³/mol. The lowest BCUT2D eigenvalue weighted by Gasteiger charge is -2.28. The Kier molecular flexibility index (Phi) is 13.7. The summed E-state index contributed by atoms with van der Waals surface area (Å²) in [6.07, 6.45) is -3.69. The molecular formula is C37H41F3N2O8. The maximum Gasteiger partial charge on any atom is 0.416 e. The quantitative estimate of drug-likeness (QED) is 0.105. The van der Waals surface area contributed by atoms with Crippen molar-refractivity contribution in [2.75, 3.05) is 39.2 Å². The number of esters is 3. The fourth-order valence-corrected chi connectivity index (χ4v) is 5.11. The molecule has 50 heavy (non-hydrogen) atoms. The number of alkyl halides is 3. The molecule has 268 valence electrons. The van der Waals surface area contributed by atoms with E-state index in [0.29, 0.717) is 29.5 Å². The number of hydrogen-bond donors (Lipinski definition) is 1. The van der Waals surface area contributed by atoms with Crippen LogP contribution in [0.4, 0.5) is 18.9 Å². The number of ether oxygens (including phenoxy) is 3. The standard InChI is InChI=1S/C37H41F3N2O8/c1-6-9-20-36(34(46)48-7-2,35(47)49-8-3)23-50-31(43)22-24-14-19-30(29(21-24)33(45)42(4)5)41-32(44)28-13-11-10-12-27(28)25-15-17-26(18-16-25)37(38,39)40/h10-19,21H,6-9,20,22-23H2,1-5H3,(H,41,44). The molecule has 0 atom stereocenters. The molecule has 0 saturated heterocycles. The van der Waals surface area contributed by atoms with Crippen LogP contribution in [0.3, 0.4) is 0 Å². The highest BCUT2D eigenvalue weighted by atomic mass is 19.4. The van der Waals surface area contributed by atoms with Gasteiger partial charge in [-0.05, 0) is 67.3 Å². The van der Waals surface area contributed by atoms with Crippen molar-refractivity contribution < 1.29 is 51.4 Å². The molecule has 0 unspecified atom stereocenters. The summed E-state index contributed by atoms with van der Waals surface area (Å²) in [5.41, 5.74) is -1.24. The van der Waals surface area contributed by atoms with Gasteiger partial charge in [0.1, 0.15) is 6.61 Å². The van der Waals surface area contributed by atoms with E-state index >= 15 is 0 Å². The summed E-state index contributed by atoms with van der Waals surface area (Å²) in [4.78, 5) is 67.1.